The van der Waals surface area contributed by atoms with Crippen LogP contribution >= 0.6 is 0 Å². The molecule has 1 fully saturated rings. The summed E-state index contributed by atoms with van der Waals surface area (Å²) in [5.74, 6) is 1.28. The van der Waals surface area contributed by atoms with Gasteiger partial charge in [0.25, 0.3) is 0 Å². The van der Waals surface area contributed by atoms with Gasteiger partial charge in [-0.3, -0.25) is 4.79 Å². The van der Waals surface area contributed by atoms with Crippen molar-refractivity contribution >= 4 is 17.3 Å². The van der Waals surface area contributed by atoms with E-state index in [1.165, 1.54) is 0 Å². The number of nitrogens with one attached hydrogen (secondary N) is 2. The fraction of sp³-hybridized carbons (Fsp3) is 0.350. The lowest BCUT2D eigenvalue weighted by atomic mass is 10.2. The Hall–Kier alpha value is -2.73. The van der Waals surface area contributed by atoms with Crippen LogP contribution in [-0.2, 0) is 9.53 Å². The molecule has 1 heterocycles. The average Bonchev–Trinajstić information content (AvgIpc) is 3.19. The van der Waals surface area contributed by atoms with Crippen LogP contribution in [0.15, 0.2) is 48.5 Å². The van der Waals surface area contributed by atoms with Crippen molar-refractivity contribution in [3.8, 4) is 11.5 Å². The monoisotopic (exact) mass is 356 g/mol. The molecular formula is C20H24N2O4. The molecule has 26 heavy (non-hydrogen) atoms. The van der Waals surface area contributed by atoms with Crippen molar-refractivity contribution in [2.45, 2.75) is 18.9 Å². The summed E-state index contributed by atoms with van der Waals surface area (Å²) in [6, 6.07) is 14.9. The standard InChI is InChI=1S/C20H24N2O4/c1-24-19-7-3-2-6-18(19)22-20(23)13-21-15-8-10-16(11-9-15)26-14-17-5-4-12-25-17/h2-3,6-11,17,21H,4-5,12-14H2,1H3,(H,22,23). The Balaban J connectivity index is 1.44. The van der Waals surface area contributed by atoms with Crippen LogP contribution in [0.4, 0.5) is 11.4 Å². The Morgan fingerprint density at radius 3 is 2.73 bits per heavy atom. The van der Waals surface area contributed by atoms with Gasteiger partial charge in [-0.05, 0) is 49.2 Å². The molecule has 2 aromatic rings. The van der Waals surface area contributed by atoms with Crippen LogP contribution in [0, 0.1) is 0 Å². The Bertz CT molecular complexity index is 712. The van der Waals surface area contributed by atoms with E-state index in [0.717, 1.165) is 30.9 Å². The highest BCUT2D eigenvalue weighted by Gasteiger charge is 2.15. The maximum atomic E-state index is 12.1. The molecule has 138 valence electrons. The molecule has 1 amide bonds. The lowest BCUT2D eigenvalue weighted by molar-refractivity contribution is -0.114. The third kappa shape index (κ3) is 5.13. The number of ether oxygens (including phenoxy) is 3. The lowest BCUT2D eigenvalue weighted by Gasteiger charge is -2.13. The predicted molar refractivity (Wildman–Crippen MR) is 101 cm³/mol. The molecule has 0 saturated carbocycles. The maximum Gasteiger partial charge on any atom is 0.243 e. The summed E-state index contributed by atoms with van der Waals surface area (Å²) in [6.07, 6.45) is 2.36. The Morgan fingerprint density at radius 1 is 1.19 bits per heavy atom. The zero-order valence-electron chi connectivity index (χ0n) is 14.9. The minimum absolute atomic E-state index is 0.145. The van der Waals surface area contributed by atoms with E-state index < -0.39 is 0 Å². The van der Waals surface area contributed by atoms with Gasteiger partial charge in [0.1, 0.15) is 18.1 Å². The minimum atomic E-state index is -0.145. The number of rotatable bonds is 8. The molecule has 3 rings (SSSR count). The molecule has 1 unspecified atom stereocenters. The van der Waals surface area contributed by atoms with Gasteiger partial charge in [-0.15, -0.1) is 0 Å². The van der Waals surface area contributed by atoms with Gasteiger partial charge in [-0.2, -0.15) is 0 Å². The van der Waals surface area contributed by atoms with Crippen molar-refractivity contribution in [2.24, 2.45) is 0 Å². The van der Waals surface area contributed by atoms with Gasteiger partial charge in [0.2, 0.25) is 5.91 Å². The van der Waals surface area contributed by atoms with Crippen LogP contribution in [0.5, 0.6) is 11.5 Å². The molecule has 0 aliphatic carbocycles. The van der Waals surface area contributed by atoms with E-state index in [2.05, 4.69) is 10.6 Å². The number of amides is 1. The van der Waals surface area contributed by atoms with Gasteiger partial charge in [0.05, 0.1) is 25.4 Å². The molecule has 0 spiro atoms. The maximum absolute atomic E-state index is 12.1. The van der Waals surface area contributed by atoms with Crippen LogP contribution in [0.3, 0.4) is 0 Å². The molecular weight excluding hydrogens is 332 g/mol. The Kier molecular flexibility index (Phi) is 6.33. The summed E-state index contributed by atoms with van der Waals surface area (Å²) < 4.78 is 16.5. The van der Waals surface area contributed by atoms with E-state index in [4.69, 9.17) is 14.2 Å². The number of methoxy groups -OCH3 is 1. The summed E-state index contributed by atoms with van der Waals surface area (Å²) in [5.41, 5.74) is 1.50. The fourth-order valence-electron chi connectivity index (χ4n) is 2.76. The molecule has 1 aliphatic rings. The zero-order valence-corrected chi connectivity index (χ0v) is 14.9. The molecule has 1 atom stereocenters. The number of anilines is 2. The predicted octanol–water partition coefficient (Wildman–Crippen LogP) is 3.30. The quantitative estimate of drug-likeness (QED) is 0.759. The normalized spacial score (nSPS) is 16.1. The molecule has 6 nitrogen and oxygen atoms in total. The first-order valence-corrected chi connectivity index (χ1v) is 8.76. The second-order valence-corrected chi connectivity index (χ2v) is 6.07. The van der Waals surface area contributed by atoms with E-state index in [1.54, 1.807) is 19.2 Å². The number of hydrogen-bond donors (Lipinski definition) is 2. The van der Waals surface area contributed by atoms with Crippen molar-refractivity contribution in [3.63, 3.8) is 0 Å². The summed E-state index contributed by atoms with van der Waals surface area (Å²) in [5, 5.41) is 5.92. The molecule has 1 aliphatic heterocycles. The van der Waals surface area contributed by atoms with Crippen molar-refractivity contribution in [2.75, 3.05) is 37.5 Å². The van der Waals surface area contributed by atoms with Gasteiger partial charge in [0.15, 0.2) is 0 Å². The molecule has 0 bridgehead atoms. The number of hydrogen-bond acceptors (Lipinski definition) is 5. The lowest BCUT2D eigenvalue weighted by Crippen LogP contribution is -2.22. The Morgan fingerprint density at radius 2 is 2.00 bits per heavy atom. The molecule has 2 aromatic carbocycles. The van der Waals surface area contributed by atoms with Gasteiger partial charge >= 0.3 is 0 Å². The van der Waals surface area contributed by atoms with Crippen molar-refractivity contribution in [1.82, 2.24) is 0 Å². The molecule has 2 N–H and O–H groups in total. The summed E-state index contributed by atoms with van der Waals surface area (Å²) >= 11 is 0. The average molecular weight is 356 g/mol. The van der Waals surface area contributed by atoms with Gasteiger partial charge in [-0.25, -0.2) is 0 Å². The molecule has 6 heteroatoms. The van der Waals surface area contributed by atoms with Crippen LogP contribution in [0.25, 0.3) is 0 Å². The van der Waals surface area contributed by atoms with E-state index in [1.807, 2.05) is 36.4 Å². The summed E-state index contributed by atoms with van der Waals surface area (Å²) in [6.45, 7) is 1.57. The third-order valence-corrected chi connectivity index (χ3v) is 4.15. The highest BCUT2D eigenvalue weighted by Crippen LogP contribution is 2.23. The fourth-order valence-corrected chi connectivity index (χ4v) is 2.76. The van der Waals surface area contributed by atoms with Crippen LogP contribution in [0.2, 0.25) is 0 Å². The van der Waals surface area contributed by atoms with E-state index in [-0.39, 0.29) is 18.6 Å². The van der Waals surface area contributed by atoms with Crippen molar-refractivity contribution < 1.29 is 19.0 Å². The third-order valence-electron chi connectivity index (χ3n) is 4.15. The summed E-state index contributed by atoms with van der Waals surface area (Å²) in [4.78, 5) is 12.1. The van der Waals surface area contributed by atoms with Crippen molar-refractivity contribution in [1.29, 1.82) is 0 Å². The summed E-state index contributed by atoms with van der Waals surface area (Å²) in [7, 11) is 1.58. The minimum Gasteiger partial charge on any atom is -0.495 e. The zero-order chi connectivity index (χ0) is 18.2. The highest BCUT2D eigenvalue weighted by molar-refractivity contribution is 5.95. The number of carbonyl (C=O) groups is 1. The first-order chi connectivity index (χ1) is 12.7. The van der Waals surface area contributed by atoms with Gasteiger partial charge in [-0.1, -0.05) is 12.1 Å². The van der Waals surface area contributed by atoms with E-state index in [9.17, 15) is 4.79 Å². The first kappa shape index (κ1) is 18.1. The van der Waals surface area contributed by atoms with Gasteiger partial charge in [0, 0.05) is 12.3 Å². The van der Waals surface area contributed by atoms with Crippen LogP contribution in [-0.4, -0.2) is 38.9 Å². The van der Waals surface area contributed by atoms with Gasteiger partial charge < -0.3 is 24.8 Å². The number of carbonyl (C=O) groups excluding carboxylic acids is 1. The van der Waals surface area contributed by atoms with Crippen LogP contribution in [0.1, 0.15) is 12.8 Å². The Labute approximate surface area is 153 Å². The topological polar surface area (TPSA) is 68.8 Å². The van der Waals surface area contributed by atoms with Crippen LogP contribution < -0.4 is 20.1 Å². The number of benzene rings is 2. The molecule has 0 aromatic heterocycles. The number of para-hydroxylation sites is 2. The second kappa shape index (κ2) is 9.10. The van der Waals surface area contributed by atoms with Crippen molar-refractivity contribution in [3.05, 3.63) is 48.5 Å². The van der Waals surface area contributed by atoms with E-state index >= 15 is 0 Å². The highest BCUT2D eigenvalue weighted by atomic mass is 16.5. The molecule has 1 saturated heterocycles. The SMILES string of the molecule is COc1ccccc1NC(=O)CNc1ccc(OCC2CCCO2)cc1. The van der Waals surface area contributed by atoms with E-state index in [0.29, 0.717) is 18.0 Å². The largest absolute Gasteiger partial charge is 0.495 e. The molecule has 0 radical (unpaired) electrons. The smallest absolute Gasteiger partial charge is 0.243 e. The second-order valence-electron chi connectivity index (χ2n) is 6.07. The first-order valence-electron chi connectivity index (χ1n) is 8.76.